The Morgan fingerprint density at radius 1 is 1.03 bits per heavy atom. The number of morpholine rings is 1. The standard InChI is InChI=1S/C20H26N8OS/c1-26-4-6-27(7-5-26)13-16-23-19-17(30-16)20(28-8-10-29-11-9-28)25-18(24-19)14-2-3-15(21)22-12-14/h2-3,12H,4-11,13H2,1H3,(H2,21,22). The number of anilines is 2. The number of hydrogen-bond donors (Lipinski definition) is 1. The monoisotopic (exact) mass is 426 g/mol. The second-order valence-corrected chi connectivity index (χ2v) is 8.87. The lowest BCUT2D eigenvalue weighted by Gasteiger charge is -2.31. The van der Waals surface area contributed by atoms with Crippen LogP contribution in [-0.2, 0) is 11.3 Å². The largest absolute Gasteiger partial charge is 0.384 e. The average molecular weight is 427 g/mol. The molecule has 0 radical (unpaired) electrons. The van der Waals surface area contributed by atoms with E-state index in [0.717, 1.165) is 72.5 Å². The molecule has 0 unspecified atom stereocenters. The number of ether oxygens (including phenoxy) is 1. The fraction of sp³-hybridized carbons (Fsp3) is 0.500. The van der Waals surface area contributed by atoms with Gasteiger partial charge < -0.3 is 20.3 Å². The highest BCUT2D eigenvalue weighted by Gasteiger charge is 2.22. The summed E-state index contributed by atoms with van der Waals surface area (Å²) in [4.78, 5) is 25.9. The van der Waals surface area contributed by atoms with Gasteiger partial charge in [-0.15, -0.1) is 11.3 Å². The van der Waals surface area contributed by atoms with E-state index in [-0.39, 0.29) is 0 Å². The molecule has 0 bridgehead atoms. The summed E-state index contributed by atoms with van der Waals surface area (Å²) < 4.78 is 6.59. The summed E-state index contributed by atoms with van der Waals surface area (Å²) in [6.45, 7) is 8.22. The molecule has 5 rings (SSSR count). The predicted octanol–water partition coefficient (Wildman–Crippen LogP) is 1.31. The number of piperazine rings is 1. The number of fused-ring (bicyclic) bond motifs is 1. The van der Waals surface area contributed by atoms with Gasteiger partial charge in [0.1, 0.15) is 15.5 Å². The van der Waals surface area contributed by atoms with Crippen LogP contribution >= 0.6 is 11.3 Å². The Balaban J connectivity index is 1.51. The van der Waals surface area contributed by atoms with Gasteiger partial charge in [-0.05, 0) is 19.2 Å². The van der Waals surface area contributed by atoms with Gasteiger partial charge in [0.25, 0.3) is 0 Å². The lowest BCUT2D eigenvalue weighted by Crippen LogP contribution is -2.43. The first-order chi connectivity index (χ1) is 14.7. The molecule has 0 aromatic carbocycles. The van der Waals surface area contributed by atoms with Gasteiger partial charge in [-0.3, -0.25) is 4.90 Å². The number of thiazole rings is 1. The van der Waals surface area contributed by atoms with Crippen molar-refractivity contribution in [3.8, 4) is 11.4 Å². The minimum atomic E-state index is 0.483. The molecule has 2 aliphatic rings. The summed E-state index contributed by atoms with van der Waals surface area (Å²) in [7, 11) is 2.17. The van der Waals surface area contributed by atoms with E-state index in [1.165, 1.54) is 0 Å². The van der Waals surface area contributed by atoms with Gasteiger partial charge in [0.05, 0.1) is 19.8 Å². The maximum Gasteiger partial charge on any atom is 0.176 e. The molecule has 0 spiro atoms. The van der Waals surface area contributed by atoms with Crippen molar-refractivity contribution in [1.82, 2.24) is 29.7 Å². The SMILES string of the molecule is CN1CCN(Cc2nc3nc(-c4ccc(N)nc4)nc(N4CCOCC4)c3s2)CC1. The zero-order valence-corrected chi connectivity index (χ0v) is 17.9. The molecule has 3 aromatic heterocycles. The predicted molar refractivity (Wildman–Crippen MR) is 119 cm³/mol. The van der Waals surface area contributed by atoms with Crippen molar-refractivity contribution in [3.63, 3.8) is 0 Å². The fourth-order valence-corrected chi connectivity index (χ4v) is 4.84. The number of nitrogens with zero attached hydrogens (tertiary/aromatic N) is 7. The number of rotatable bonds is 4. The molecule has 0 atom stereocenters. The zero-order chi connectivity index (χ0) is 20.5. The van der Waals surface area contributed by atoms with E-state index in [2.05, 4.69) is 26.7 Å². The van der Waals surface area contributed by atoms with Gasteiger partial charge in [0.2, 0.25) is 0 Å². The van der Waals surface area contributed by atoms with Crippen molar-refractivity contribution < 1.29 is 4.74 Å². The molecule has 30 heavy (non-hydrogen) atoms. The average Bonchev–Trinajstić information content (AvgIpc) is 3.18. The second kappa shape index (κ2) is 8.38. The molecule has 9 nitrogen and oxygen atoms in total. The normalized spacial score (nSPS) is 18.9. The number of pyridine rings is 1. The minimum absolute atomic E-state index is 0.483. The zero-order valence-electron chi connectivity index (χ0n) is 17.1. The van der Waals surface area contributed by atoms with Gasteiger partial charge in [-0.25, -0.2) is 19.9 Å². The molecule has 0 saturated carbocycles. The van der Waals surface area contributed by atoms with Crippen LogP contribution in [0, 0.1) is 0 Å². The maximum absolute atomic E-state index is 5.75. The summed E-state index contributed by atoms with van der Waals surface area (Å²) in [6, 6.07) is 3.68. The van der Waals surface area contributed by atoms with Gasteiger partial charge >= 0.3 is 0 Å². The molecular weight excluding hydrogens is 400 g/mol. The molecule has 2 aliphatic heterocycles. The third-order valence-electron chi connectivity index (χ3n) is 5.59. The second-order valence-electron chi connectivity index (χ2n) is 7.78. The van der Waals surface area contributed by atoms with Gasteiger partial charge in [-0.1, -0.05) is 0 Å². The molecular formula is C20H26N8OS. The molecule has 0 aliphatic carbocycles. The minimum Gasteiger partial charge on any atom is -0.384 e. The van der Waals surface area contributed by atoms with E-state index < -0.39 is 0 Å². The smallest absolute Gasteiger partial charge is 0.176 e. The van der Waals surface area contributed by atoms with Crippen LogP contribution in [0.25, 0.3) is 21.7 Å². The van der Waals surface area contributed by atoms with Crippen molar-refractivity contribution in [2.45, 2.75) is 6.54 Å². The van der Waals surface area contributed by atoms with Crippen molar-refractivity contribution in [1.29, 1.82) is 0 Å². The first-order valence-corrected chi connectivity index (χ1v) is 11.1. The maximum atomic E-state index is 5.75. The van der Waals surface area contributed by atoms with Crippen LogP contribution in [0.5, 0.6) is 0 Å². The molecule has 2 N–H and O–H groups in total. The van der Waals surface area contributed by atoms with E-state index in [1.54, 1.807) is 23.6 Å². The lowest BCUT2D eigenvalue weighted by atomic mass is 10.2. The van der Waals surface area contributed by atoms with Crippen LogP contribution in [0.1, 0.15) is 5.01 Å². The quantitative estimate of drug-likeness (QED) is 0.662. The van der Waals surface area contributed by atoms with E-state index in [1.807, 2.05) is 6.07 Å². The van der Waals surface area contributed by atoms with Crippen molar-refractivity contribution in [3.05, 3.63) is 23.3 Å². The highest BCUT2D eigenvalue weighted by molar-refractivity contribution is 7.19. The van der Waals surface area contributed by atoms with E-state index in [9.17, 15) is 0 Å². The van der Waals surface area contributed by atoms with E-state index >= 15 is 0 Å². The Bertz CT molecular complexity index is 1010. The van der Waals surface area contributed by atoms with Crippen LogP contribution in [-0.4, -0.2) is 89.3 Å². The number of nitrogens with two attached hydrogens (primary N) is 1. The Labute approximate surface area is 179 Å². The molecule has 5 heterocycles. The van der Waals surface area contributed by atoms with Crippen molar-refractivity contribution in [2.75, 3.05) is 70.2 Å². The highest BCUT2D eigenvalue weighted by atomic mass is 32.1. The number of likely N-dealkylation sites (N-methyl/N-ethyl adjacent to an activating group) is 1. The lowest BCUT2D eigenvalue weighted by molar-refractivity contribution is 0.122. The fourth-order valence-electron chi connectivity index (χ4n) is 3.77. The van der Waals surface area contributed by atoms with Gasteiger partial charge in [0, 0.05) is 51.0 Å². The molecule has 158 valence electrons. The summed E-state index contributed by atoms with van der Waals surface area (Å²) in [5.41, 5.74) is 7.35. The van der Waals surface area contributed by atoms with Crippen LogP contribution < -0.4 is 10.6 Å². The van der Waals surface area contributed by atoms with Crippen LogP contribution in [0.4, 0.5) is 11.6 Å². The first kappa shape index (κ1) is 19.6. The Kier molecular flexibility index (Phi) is 5.47. The van der Waals surface area contributed by atoms with E-state index in [0.29, 0.717) is 24.9 Å². The highest BCUT2D eigenvalue weighted by Crippen LogP contribution is 2.33. The Morgan fingerprint density at radius 2 is 1.83 bits per heavy atom. The van der Waals surface area contributed by atoms with Gasteiger partial charge in [-0.2, -0.15) is 0 Å². The Morgan fingerprint density at radius 3 is 2.57 bits per heavy atom. The van der Waals surface area contributed by atoms with Crippen LogP contribution in [0.15, 0.2) is 18.3 Å². The summed E-state index contributed by atoms with van der Waals surface area (Å²) in [6.07, 6.45) is 1.72. The number of nitrogen functional groups attached to an aromatic ring is 1. The first-order valence-electron chi connectivity index (χ1n) is 10.3. The molecule has 2 fully saturated rings. The molecule has 2 saturated heterocycles. The topological polar surface area (TPSA) is 96.5 Å². The van der Waals surface area contributed by atoms with Crippen molar-refractivity contribution >= 4 is 33.3 Å². The molecule has 3 aromatic rings. The van der Waals surface area contributed by atoms with Crippen LogP contribution in [0.3, 0.4) is 0 Å². The van der Waals surface area contributed by atoms with Gasteiger partial charge in [0.15, 0.2) is 17.3 Å². The number of hydrogen-bond acceptors (Lipinski definition) is 10. The number of aromatic nitrogens is 4. The molecule has 0 amide bonds. The third-order valence-corrected chi connectivity index (χ3v) is 6.62. The molecule has 10 heteroatoms. The Hall–Kier alpha value is -2.40. The van der Waals surface area contributed by atoms with Crippen LogP contribution in [0.2, 0.25) is 0 Å². The summed E-state index contributed by atoms with van der Waals surface area (Å²) >= 11 is 1.71. The van der Waals surface area contributed by atoms with E-state index in [4.69, 9.17) is 25.4 Å². The van der Waals surface area contributed by atoms with Crippen molar-refractivity contribution in [2.24, 2.45) is 0 Å². The third kappa shape index (κ3) is 4.08. The summed E-state index contributed by atoms with van der Waals surface area (Å²) in [5, 5.41) is 1.09. The summed E-state index contributed by atoms with van der Waals surface area (Å²) in [5.74, 6) is 2.06.